The van der Waals surface area contributed by atoms with Gasteiger partial charge in [0.1, 0.15) is 5.38 Å². The average molecular weight is 263 g/mol. The van der Waals surface area contributed by atoms with Crippen molar-refractivity contribution in [1.82, 2.24) is 0 Å². The van der Waals surface area contributed by atoms with Crippen LogP contribution >= 0.6 is 27.5 Å². The summed E-state index contributed by atoms with van der Waals surface area (Å²) in [6.45, 7) is 1.45. The third-order valence-corrected chi connectivity index (χ3v) is 2.95. The van der Waals surface area contributed by atoms with Gasteiger partial charge in [0.15, 0.2) is 5.78 Å². The van der Waals surface area contributed by atoms with Gasteiger partial charge in [0, 0.05) is 10.2 Å². The van der Waals surface area contributed by atoms with E-state index in [2.05, 4.69) is 15.9 Å². The number of rotatable bonds is 2. The zero-order valence-electron chi connectivity index (χ0n) is 7.05. The van der Waals surface area contributed by atoms with Crippen LogP contribution in [0.3, 0.4) is 0 Å². The van der Waals surface area contributed by atoms with E-state index in [4.69, 9.17) is 17.3 Å². The molecule has 0 heterocycles. The number of Topliss-reactive ketones (excluding diaryl/α,β-unsaturated/α-hetero) is 1. The van der Waals surface area contributed by atoms with Crippen molar-refractivity contribution < 1.29 is 4.79 Å². The molecule has 0 aliphatic rings. The van der Waals surface area contributed by atoms with Crippen molar-refractivity contribution in [2.45, 2.75) is 12.3 Å². The lowest BCUT2D eigenvalue weighted by atomic mass is 10.1. The Morgan fingerprint density at radius 2 is 2.23 bits per heavy atom. The van der Waals surface area contributed by atoms with Gasteiger partial charge in [-0.2, -0.15) is 0 Å². The van der Waals surface area contributed by atoms with Crippen LogP contribution in [-0.4, -0.2) is 5.78 Å². The Labute approximate surface area is 90.2 Å². The first-order valence-electron chi connectivity index (χ1n) is 3.72. The first-order chi connectivity index (χ1) is 6.02. The number of nitrogen functional groups attached to an aromatic ring is 1. The summed E-state index contributed by atoms with van der Waals surface area (Å²) >= 11 is 9.11. The fraction of sp³-hybridized carbons (Fsp3) is 0.222. The predicted molar refractivity (Wildman–Crippen MR) is 57.8 cm³/mol. The summed E-state index contributed by atoms with van der Waals surface area (Å²) in [6.07, 6.45) is 0. The van der Waals surface area contributed by atoms with Gasteiger partial charge < -0.3 is 5.73 Å². The van der Waals surface area contributed by atoms with Gasteiger partial charge in [-0.25, -0.2) is 0 Å². The van der Waals surface area contributed by atoms with E-state index in [1.807, 2.05) is 0 Å². The van der Waals surface area contributed by atoms with E-state index < -0.39 is 5.38 Å². The summed E-state index contributed by atoms with van der Waals surface area (Å²) in [4.78, 5) is 11.0. The monoisotopic (exact) mass is 261 g/mol. The van der Waals surface area contributed by atoms with Crippen molar-refractivity contribution in [2.24, 2.45) is 0 Å². The Balaban J connectivity index is 3.03. The molecule has 0 amide bonds. The summed E-state index contributed by atoms with van der Waals surface area (Å²) in [5.74, 6) is -0.0802. The highest BCUT2D eigenvalue weighted by Gasteiger charge is 2.13. The number of hydrogen-bond acceptors (Lipinski definition) is 2. The molecular formula is C9H9BrClNO. The number of halogens is 2. The van der Waals surface area contributed by atoms with Crippen LogP contribution in [0.25, 0.3) is 0 Å². The molecule has 0 bridgehead atoms. The number of hydrogen-bond donors (Lipinski definition) is 1. The molecule has 0 aliphatic carbocycles. The maximum atomic E-state index is 11.0. The van der Waals surface area contributed by atoms with E-state index in [9.17, 15) is 4.79 Å². The quantitative estimate of drug-likeness (QED) is 0.658. The third kappa shape index (κ3) is 2.45. The van der Waals surface area contributed by atoms with Gasteiger partial charge in [-0.1, -0.05) is 6.07 Å². The first kappa shape index (κ1) is 10.5. The highest BCUT2D eigenvalue weighted by molar-refractivity contribution is 9.10. The van der Waals surface area contributed by atoms with Crippen LogP contribution in [0.4, 0.5) is 5.69 Å². The molecule has 2 N–H and O–H groups in total. The van der Waals surface area contributed by atoms with E-state index in [1.54, 1.807) is 18.2 Å². The van der Waals surface area contributed by atoms with E-state index >= 15 is 0 Å². The van der Waals surface area contributed by atoms with Gasteiger partial charge in [-0.3, -0.25) is 4.79 Å². The third-order valence-electron chi connectivity index (χ3n) is 1.67. The molecule has 0 saturated heterocycles. The number of nitrogens with two attached hydrogens (primary N) is 1. The zero-order chi connectivity index (χ0) is 10.0. The lowest BCUT2D eigenvalue weighted by molar-refractivity contribution is -0.116. The summed E-state index contributed by atoms with van der Waals surface area (Å²) in [6, 6.07) is 5.26. The number of ketones is 1. The van der Waals surface area contributed by atoms with E-state index in [1.165, 1.54) is 6.92 Å². The van der Waals surface area contributed by atoms with E-state index in [0.29, 0.717) is 5.69 Å². The lowest BCUT2D eigenvalue weighted by Crippen LogP contribution is -2.02. The first-order valence-corrected chi connectivity index (χ1v) is 4.94. The Morgan fingerprint density at radius 3 is 2.69 bits per heavy atom. The van der Waals surface area contributed by atoms with Crippen LogP contribution < -0.4 is 5.73 Å². The smallest absolute Gasteiger partial charge is 0.152 e. The van der Waals surface area contributed by atoms with Crippen LogP contribution in [0.1, 0.15) is 17.9 Å². The normalized spacial score (nSPS) is 12.5. The highest BCUT2D eigenvalue weighted by Crippen LogP contribution is 2.27. The molecule has 1 unspecified atom stereocenters. The maximum Gasteiger partial charge on any atom is 0.152 e. The second kappa shape index (κ2) is 4.11. The second-order valence-electron chi connectivity index (χ2n) is 2.75. The van der Waals surface area contributed by atoms with Gasteiger partial charge in [0.25, 0.3) is 0 Å². The van der Waals surface area contributed by atoms with Crippen LogP contribution in [0.5, 0.6) is 0 Å². The van der Waals surface area contributed by atoms with E-state index in [-0.39, 0.29) is 5.78 Å². The summed E-state index contributed by atoms with van der Waals surface area (Å²) in [5.41, 5.74) is 6.96. The van der Waals surface area contributed by atoms with Crippen LogP contribution in [-0.2, 0) is 4.79 Å². The number of benzene rings is 1. The number of carbonyl (C=O) groups excluding carboxylic acids is 1. The minimum absolute atomic E-state index is 0.0802. The molecule has 13 heavy (non-hydrogen) atoms. The largest absolute Gasteiger partial charge is 0.398 e. The van der Waals surface area contributed by atoms with Crippen molar-refractivity contribution in [1.29, 1.82) is 0 Å². The van der Waals surface area contributed by atoms with Crippen molar-refractivity contribution in [3.63, 3.8) is 0 Å². The molecule has 0 fully saturated rings. The topological polar surface area (TPSA) is 43.1 Å². The maximum absolute atomic E-state index is 11.0. The Morgan fingerprint density at radius 1 is 1.62 bits per heavy atom. The Bertz CT molecular complexity index is 340. The van der Waals surface area contributed by atoms with Crippen molar-refractivity contribution in [3.8, 4) is 0 Å². The minimum Gasteiger partial charge on any atom is -0.398 e. The molecule has 4 heteroatoms. The Kier molecular flexibility index (Phi) is 3.33. The second-order valence-corrected chi connectivity index (χ2v) is 4.04. The molecule has 0 spiro atoms. The van der Waals surface area contributed by atoms with Gasteiger partial charge in [0.2, 0.25) is 0 Å². The average Bonchev–Trinajstić information content (AvgIpc) is 2.08. The van der Waals surface area contributed by atoms with Crippen LogP contribution in [0, 0.1) is 0 Å². The summed E-state index contributed by atoms with van der Waals surface area (Å²) in [7, 11) is 0. The summed E-state index contributed by atoms with van der Waals surface area (Å²) < 4.78 is 0.809. The SMILES string of the molecule is CC(=O)C(Cl)c1ccc(Br)c(N)c1. The molecule has 0 aromatic heterocycles. The number of anilines is 1. The van der Waals surface area contributed by atoms with Gasteiger partial charge in [0.05, 0.1) is 0 Å². The molecule has 0 aliphatic heterocycles. The van der Waals surface area contributed by atoms with E-state index in [0.717, 1.165) is 10.0 Å². The van der Waals surface area contributed by atoms with Crippen molar-refractivity contribution >= 4 is 39.0 Å². The number of carbonyl (C=O) groups is 1. The standard InChI is InChI=1S/C9H9BrClNO/c1-5(13)9(11)6-2-3-7(10)8(12)4-6/h2-4,9H,12H2,1H3. The zero-order valence-corrected chi connectivity index (χ0v) is 9.39. The minimum atomic E-state index is -0.601. The molecule has 1 atom stereocenters. The molecule has 70 valence electrons. The fourth-order valence-electron chi connectivity index (χ4n) is 0.955. The molecular weight excluding hydrogens is 253 g/mol. The van der Waals surface area contributed by atoms with Crippen LogP contribution in [0.2, 0.25) is 0 Å². The highest BCUT2D eigenvalue weighted by atomic mass is 79.9. The predicted octanol–water partition coefficient (Wildman–Crippen LogP) is 2.90. The molecule has 2 nitrogen and oxygen atoms in total. The molecule has 1 aromatic carbocycles. The molecule has 0 saturated carbocycles. The molecule has 1 rings (SSSR count). The van der Waals surface area contributed by atoms with Crippen molar-refractivity contribution in [3.05, 3.63) is 28.2 Å². The number of alkyl halides is 1. The molecule has 0 radical (unpaired) electrons. The van der Waals surface area contributed by atoms with Crippen LogP contribution in [0.15, 0.2) is 22.7 Å². The van der Waals surface area contributed by atoms with Gasteiger partial charge in [-0.05, 0) is 40.5 Å². The van der Waals surface area contributed by atoms with Gasteiger partial charge >= 0.3 is 0 Å². The summed E-state index contributed by atoms with van der Waals surface area (Å²) in [5, 5.41) is -0.601. The van der Waals surface area contributed by atoms with Gasteiger partial charge in [-0.15, -0.1) is 11.6 Å². The fourth-order valence-corrected chi connectivity index (χ4v) is 1.34. The Hall–Kier alpha value is -0.540. The van der Waals surface area contributed by atoms with Crippen molar-refractivity contribution in [2.75, 3.05) is 5.73 Å². The molecule has 1 aromatic rings. The lowest BCUT2D eigenvalue weighted by Gasteiger charge is -2.07.